The van der Waals surface area contributed by atoms with Crippen molar-refractivity contribution < 1.29 is 15.0 Å². The number of hydrogen-bond donors (Lipinski definition) is 2. The van der Waals surface area contributed by atoms with Crippen LogP contribution in [0.4, 0.5) is 0 Å². The number of hydrogen-bond acceptors (Lipinski definition) is 2. The second-order valence-corrected chi connectivity index (χ2v) is 2.84. The molecule has 0 spiro atoms. The van der Waals surface area contributed by atoms with Crippen LogP contribution in [0, 0.1) is 0 Å². The van der Waals surface area contributed by atoms with Crippen LogP contribution in [0.15, 0.2) is 11.6 Å². The maximum Gasteiger partial charge on any atom is 0.331 e. The van der Waals surface area contributed by atoms with Gasteiger partial charge in [-0.2, -0.15) is 0 Å². The summed E-state index contributed by atoms with van der Waals surface area (Å²) in [5.41, 5.74) is -0.820. The predicted octanol–water partition coefficient (Wildman–Crippen LogP) is 1.18. The van der Waals surface area contributed by atoms with Crippen LogP contribution < -0.4 is 0 Å². The fraction of sp³-hybridized carbons (Fsp3) is 0.625. The minimum absolute atomic E-state index is 0.178. The van der Waals surface area contributed by atoms with Gasteiger partial charge in [-0.3, -0.25) is 0 Å². The fourth-order valence-corrected chi connectivity index (χ4v) is 0.630. The lowest BCUT2D eigenvalue weighted by Crippen LogP contribution is -2.20. The van der Waals surface area contributed by atoms with Gasteiger partial charge in [0, 0.05) is 5.57 Å². The van der Waals surface area contributed by atoms with Crippen molar-refractivity contribution in [3.8, 4) is 0 Å². The van der Waals surface area contributed by atoms with Gasteiger partial charge in [0.05, 0.1) is 5.60 Å². The molecule has 0 aromatic carbocycles. The van der Waals surface area contributed by atoms with Crippen LogP contribution in [-0.2, 0) is 4.79 Å². The second-order valence-electron chi connectivity index (χ2n) is 2.84. The van der Waals surface area contributed by atoms with E-state index in [0.717, 1.165) is 0 Å². The van der Waals surface area contributed by atoms with Gasteiger partial charge in [-0.25, -0.2) is 4.79 Å². The molecule has 0 aliphatic carbocycles. The van der Waals surface area contributed by atoms with Gasteiger partial charge in [-0.05, 0) is 26.3 Å². The smallest absolute Gasteiger partial charge is 0.331 e. The third-order valence-corrected chi connectivity index (χ3v) is 1.58. The second kappa shape index (κ2) is 3.53. The molecule has 11 heavy (non-hydrogen) atoms. The number of carboxylic acids is 1. The molecule has 0 saturated carbocycles. The average molecular weight is 158 g/mol. The van der Waals surface area contributed by atoms with Gasteiger partial charge in [-0.15, -0.1) is 0 Å². The van der Waals surface area contributed by atoms with E-state index in [-0.39, 0.29) is 5.57 Å². The molecule has 2 N–H and O–H groups in total. The van der Waals surface area contributed by atoms with E-state index in [4.69, 9.17) is 5.11 Å². The highest BCUT2D eigenvalue weighted by Gasteiger charge is 2.15. The Kier molecular flexibility index (Phi) is 3.26. The third-order valence-electron chi connectivity index (χ3n) is 1.58. The maximum absolute atomic E-state index is 10.3. The van der Waals surface area contributed by atoms with E-state index < -0.39 is 11.6 Å². The molecular formula is C8H14O3. The quantitative estimate of drug-likeness (QED) is 0.606. The van der Waals surface area contributed by atoms with E-state index in [1.165, 1.54) is 13.0 Å². The Labute approximate surface area is 66.4 Å². The van der Waals surface area contributed by atoms with Crippen molar-refractivity contribution in [1.29, 1.82) is 0 Å². The largest absolute Gasteiger partial charge is 0.478 e. The van der Waals surface area contributed by atoms with Crippen LogP contribution in [0.5, 0.6) is 0 Å². The minimum Gasteiger partial charge on any atom is -0.478 e. The summed E-state index contributed by atoms with van der Waals surface area (Å²) in [7, 11) is 0. The number of aliphatic hydroxyl groups is 1. The van der Waals surface area contributed by atoms with Gasteiger partial charge >= 0.3 is 5.97 Å². The first kappa shape index (κ1) is 10.2. The molecule has 0 bridgehead atoms. The first-order valence-electron chi connectivity index (χ1n) is 3.54. The van der Waals surface area contributed by atoms with Gasteiger partial charge in [0.25, 0.3) is 0 Å². The number of rotatable bonds is 3. The SMILES string of the molecule is CCC(C)(O)/C=C(\C)C(=O)O. The molecular weight excluding hydrogens is 144 g/mol. The van der Waals surface area contributed by atoms with Crippen LogP contribution >= 0.6 is 0 Å². The molecule has 0 amide bonds. The predicted molar refractivity (Wildman–Crippen MR) is 42.3 cm³/mol. The van der Waals surface area contributed by atoms with Crippen LogP contribution in [-0.4, -0.2) is 21.8 Å². The summed E-state index contributed by atoms with van der Waals surface area (Å²) in [5, 5.41) is 17.9. The summed E-state index contributed by atoms with van der Waals surface area (Å²) in [6, 6.07) is 0. The molecule has 1 atom stereocenters. The lowest BCUT2D eigenvalue weighted by molar-refractivity contribution is -0.132. The van der Waals surface area contributed by atoms with Crippen molar-refractivity contribution in [2.45, 2.75) is 32.8 Å². The summed E-state index contributed by atoms with van der Waals surface area (Å²) in [4.78, 5) is 10.3. The summed E-state index contributed by atoms with van der Waals surface area (Å²) in [5.74, 6) is -0.987. The molecule has 0 saturated heterocycles. The van der Waals surface area contributed by atoms with Gasteiger partial charge in [0.2, 0.25) is 0 Å². The molecule has 3 heteroatoms. The van der Waals surface area contributed by atoms with E-state index >= 15 is 0 Å². The highest BCUT2D eigenvalue weighted by atomic mass is 16.4. The topological polar surface area (TPSA) is 57.5 Å². The van der Waals surface area contributed by atoms with E-state index in [0.29, 0.717) is 6.42 Å². The molecule has 0 aliphatic rings. The van der Waals surface area contributed by atoms with Gasteiger partial charge < -0.3 is 10.2 Å². The molecule has 0 aromatic rings. The molecule has 0 radical (unpaired) electrons. The minimum atomic E-state index is -0.998. The lowest BCUT2D eigenvalue weighted by Gasteiger charge is -2.16. The monoisotopic (exact) mass is 158 g/mol. The van der Waals surface area contributed by atoms with Crippen LogP contribution in [0.1, 0.15) is 27.2 Å². The van der Waals surface area contributed by atoms with E-state index in [9.17, 15) is 9.90 Å². The zero-order valence-electron chi connectivity index (χ0n) is 7.09. The first-order valence-corrected chi connectivity index (χ1v) is 3.54. The maximum atomic E-state index is 10.3. The zero-order chi connectivity index (χ0) is 9.07. The Bertz CT molecular complexity index is 180. The van der Waals surface area contributed by atoms with Crippen molar-refractivity contribution in [3.05, 3.63) is 11.6 Å². The molecule has 1 unspecified atom stereocenters. The van der Waals surface area contributed by atoms with Crippen molar-refractivity contribution in [1.82, 2.24) is 0 Å². The molecule has 3 nitrogen and oxygen atoms in total. The third kappa shape index (κ3) is 3.78. The van der Waals surface area contributed by atoms with Crippen molar-refractivity contribution in [2.75, 3.05) is 0 Å². The van der Waals surface area contributed by atoms with Crippen molar-refractivity contribution in [3.63, 3.8) is 0 Å². The molecule has 0 heterocycles. The van der Waals surface area contributed by atoms with Crippen molar-refractivity contribution in [2.24, 2.45) is 0 Å². The summed E-state index contributed by atoms with van der Waals surface area (Å²) >= 11 is 0. The standard InChI is InChI=1S/C8H14O3/c1-4-8(3,11)5-6(2)7(9)10/h5,11H,4H2,1-3H3,(H,9,10)/b6-5+. The Morgan fingerprint density at radius 3 is 2.36 bits per heavy atom. The van der Waals surface area contributed by atoms with E-state index in [2.05, 4.69) is 0 Å². The molecule has 0 aliphatic heterocycles. The van der Waals surface area contributed by atoms with Crippen LogP contribution in [0.2, 0.25) is 0 Å². The fourth-order valence-electron chi connectivity index (χ4n) is 0.630. The normalized spacial score (nSPS) is 17.6. The molecule has 0 fully saturated rings. The van der Waals surface area contributed by atoms with Crippen LogP contribution in [0.25, 0.3) is 0 Å². The Balaban J connectivity index is 4.41. The summed E-state index contributed by atoms with van der Waals surface area (Å²) in [6.07, 6.45) is 1.87. The van der Waals surface area contributed by atoms with Gasteiger partial charge in [-0.1, -0.05) is 6.92 Å². The van der Waals surface area contributed by atoms with Crippen LogP contribution in [0.3, 0.4) is 0 Å². The highest BCUT2D eigenvalue weighted by Crippen LogP contribution is 2.12. The van der Waals surface area contributed by atoms with Crippen molar-refractivity contribution >= 4 is 5.97 Å². The summed E-state index contributed by atoms with van der Waals surface area (Å²) in [6.45, 7) is 4.84. The number of carbonyl (C=O) groups is 1. The zero-order valence-corrected chi connectivity index (χ0v) is 7.09. The number of aliphatic carboxylic acids is 1. The van der Waals surface area contributed by atoms with Gasteiger partial charge in [0.1, 0.15) is 0 Å². The average Bonchev–Trinajstić information content (AvgIpc) is 1.87. The Morgan fingerprint density at radius 2 is 2.09 bits per heavy atom. The molecule has 0 aromatic heterocycles. The van der Waals surface area contributed by atoms with E-state index in [1.807, 2.05) is 0 Å². The summed E-state index contributed by atoms with van der Waals surface area (Å²) < 4.78 is 0. The Hall–Kier alpha value is -0.830. The number of carboxylic acid groups (broad SMARTS) is 1. The first-order chi connectivity index (χ1) is 4.89. The Morgan fingerprint density at radius 1 is 1.64 bits per heavy atom. The van der Waals surface area contributed by atoms with E-state index in [1.54, 1.807) is 13.8 Å². The highest BCUT2D eigenvalue weighted by molar-refractivity contribution is 5.85. The van der Waals surface area contributed by atoms with Gasteiger partial charge in [0.15, 0.2) is 0 Å². The molecule has 0 rings (SSSR count). The lowest BCUT2D eigenvalue weighted by atomic mass is 10.0. The molecule has 64 valence electrons.